The molecule has 1 fully saturated rings. The minimum Gasteiger partial charge on any atom is -0.496 e. The Labute approximate surface area is 115 Å². The minimum atomic E-state index is -1.35. The fourth-order valence-corrected chi connectivity index (χ4v) is 3.23. The van der Waals surface area contributed by atoms with Crippen LogP contribution in [0.1, 0.15) is 36.5 Å². The summed E-state index contributed by atoms with van der Waals surface area (Å²) in [6.45, 7) is 7.42. The molecule has 0 saturated carbocycles. The van der Waals surface area contributed by atoms with Crippen molar-refractivity contribution in [1.29, 1.82) is 0 Å². The van der Waals surface area contributed by atoms with Crippen molar-refractivity contribution < 1.29 is 9.13 Å². The predicted octanol–water partition coefficient (Wildman–Crippen LogP) is 3.50. The van der Waals surface area contributed by atoms with E-state index < -0.39 is 5.67 Å². The van der Waals surface area contributed by atoms with E-state index in [-0.39, 0.29) is 5.92 Å². The molecule has 0 bridgehead atoms. The van der Waals surface area contributed by atoms with E-state index in [2.05, 4.69) is 5.32 Å². The van der Waals surface area contributed by atoms with Gasteiger partial charge in [0.1, 0.15) is 11.4 Å². The van der Waals surface area contributed by atoms with Crippen molar-refractivity contribution in [2.75, 3.05) is 20.2 Å². The van der Waals surface area contributed by atoms with Crippen molar-refractivity contribution in [3.05, 3.63) is 28.8 Å². The SMILES string of the molecule is COc1cc(C)cc(C)c1C(C)(F)C1CCCNC1. The molecule has 2 nitrogen and oxygen atoms in total. The molecule has 106 valence electrons. The van der Waals surface area contributed by atoms with Crippen molar-refractivity contribution in [3.8, 4) is 5.75 Å². The number of rotatable bonds is 3. The molecule has 1 N–H and O–H groups in total. The first-order chi connectivity index (χ1) is 8.96. The van der Waals surface area contributed by atoms with E-state index in [0.717, 1.165) is 37.1 Å². The number of piperidine rings is 1. The molecule has 0 aliphatic carbocycles. The average molecular weight is 265 g/mol. The predicted molar refractivity (Wildman–Crippen MR) is 76.5 cm³/mol. The topological polar surface area (TPSA) is 21.3 Å². The van der Waals surface area contributed by atoms with Gasteiger partial charge in [0.2, 0.25) is 0 Å². The number of alkyl halides is 1. The Morgan fingerprint density at radius 2 is 2.11 bits per heavy atom. The number of nitrogens with one attached hydrogen (secondary N) is 1. The second-order valence-electron chi connectivity index (χ2n) is 5.78. The van der Waals surface area contributed by atoms with Crippen molar-refractivity contribution in [2.24, 2.45) is 5.92 Å². The Bertz CT molecular complexity index is 450. The highest BCUT2D eigenvalue weighted by Crippen LogP contribution is 2.43. The number of methoxy groups -OCH3 is 1. The van der Waals surface area contributed by atoms with Gasteiger partial charge in [-0.1, -0.05) is 6.07 Å². The second kappa shape index (κ2) is 5.49. The number of hydrogen-bond donors (Lipinski definition) is 1. The van der Waals surface area contributed by atoms with Crippen LogP contribution in [-0.2, 0) is 5.67 Å². The van der Waals surface area contributed by atoms with Gasteiger partial charge in [-0.2, -0.15) is 0 Å². The standard InChI is InChI=1S/C16H24FNO/c1-11-8-12(2)15(14(9-11)19-4)16(3,17)13-6-5-7-18-10-13/h8-9,13,18H,5-7,10H2,1-4H3. The summed E-state index contributed by atoms with van der Waals surface area (Å²) in [5.41, 5.74) is 1.45. The first-order valence-electron chi connectivity index (χ1n) is 7.02. The summed E-state index contributed by atoms with van der Waals surface area (Å²) in [6.07, 6.45) is 1.97. The van der Waals surface area contributed by atoms with Crippen LogP contribution in [0, 0.1) is 19.8 Å². The molecule has 3 heteroatoms. The molecule has 1 aliphatic heterocycles. The number of halogens is 1. The maximum absolute atomic E-state index is 15.4. The highest BCUT2D eigenvalue weighted by molar-refractivity contribution is 5.46. The van der Waals surface area contributed by atoms with Crippen molar-refractivity contribution in [3.63, 3.8) is 0 Å². The zero-order chi connectivity index (χ0) is 14.0. The fourth-order valence-electron chi connectivity index (χ4n) is 3.23. The van der Waals surface area contributed by atoms with Gasteiger partial charge in [0.15, 0.2) is 0 Å². The van der Waals surface area contributed by atoms with Gasteiger partial charge in [-0.15, -0.1) is 0 Å². The second-order valence-corrected chi connectivity index (χ2v) is 5.78. The summed E-state index contributed by atoms with van der Waals surface area (Å²) in [5, 5.41) is 3.30. The summed E-state index contributed by atoms with van der Waals surface area (Å²) < 4.78 is 20.9. The van der Waals surface area contributed by atoms with Crippen LogP contribution < -0.4 is 10.1 Å². The van der Waals surface area contributed by atoms with Gasteiger partial charge in [-0.05, 0) is 57.4 Å². The third kappa shape index (κ3) is 2.76. The van der Waals surface area contributed by atoms with Crippen LogP contribution in [0.15, 0.2) is 12.1 Å². The quantitative estimate of drug-likeness (QED) is 0.903. The zero-order valence-corrected chi connectivity index (χ0v) is 12.3. The van der Waals surface area contributed by atoms with Gasteiger partial charge in [-0.25, -0.2) is 4.39 Å². The first kappa shape index (κ1) is 14.3. The number of aryl methyl sites for hydroxylation is 2. The van der Waals surface area contributed by atoms with Gasteiger partial charge in [0.05, 0.1) is 7.11 Å². The smallest absolute Gasteiger partial charge is 0.141 e. The summed E-state index contributed by atoms with van der Waals surface area (Å²) in [4.78, 5) is 0. The molecule has 1 heterocycles. The van der Waals surface area contributed by atoms with Crippen molar-refractivity contribution in [2.45, 2.75) is 39.3 Å². The lowest BCUT2D eigenvalue weighted by Gasteiger charge is -2.36. The van der Waals surface area contributed by atoms with E-state index in [1.54, 1.807) is 14.0 Å². The average Bonchev–Trinajstić information content (AvgIpc) is 2.38. The molecule has 1 aromatic rings. The summed E-state index contributed by atoms with van der Waals surface area (Å²) in [5.74, 6) is 0.685. The lowest BCUT2D eigenvalue weighted by Crippen LogP contribution is -2.40. The molecule has 2 rings (SSSR count). The highest BCUT2D eigenvalue weighted by Gasteiger charge is 2.40. The van der Waals surface area contributed by atoms with E-state index in [1.807, 2.05) is 26.0 Å². The molecule has 0 aromatic heterocycles. The van der Waals surface area contributed by atoms with E-state index >= 15 is 4.39 Å². The molecule has 2 atom stereocenters. The summed E-state index contributed by atoms with van der Waals surface area (Å²) in [7, 11) is 1.62. The molecular formula is C16H24FNO. The van der Waals surface area contributed by atoms with Crippen LogP contribution in [0.4, 0.5) is 4.39 Å². The maximum Gasteiger partial charge on any atom is 0.141 e. The molecule has 1 aliphatic rings. The van der Waals surface area contributed by atoms with Crippen LogP contribution in [0.5, 0.6) is 5.75 Å². The van der Waals surface area contributed by atoms with Gasteiger partial charge >= 0.3 is 0 Å². The van der Waals surface area contributed by atoms with Gasteiger partial charge < -0.3 is 10.1 Å². The molecule has 0 spiro atoms. The largest absolute Gasteiger partial charge is 0.496 e. The van der Waals surface area contributed by atoms with E-state index in [9.17, 15) is 0 Å². The van der Waals surface area contributed by atoms with Crippen LogP contribution in [0.2, 0.25) is 0 Å². The van der Waals surface area contributed by atoms with Crippen LogP contribution in [0.3, 0.4) is 0 Å². The van der Waals surface area contributed by atoms with Crippen LogP contribution in [-0.4, -0.2) is 20.2 Å². The molecule has 0 radical (unpaired) electrons. The number of ether oxygens (including phenoxy) is 1. The highest BCUT2D eigenvalue weighted by atomic mass is 19.1. The van der Waals surface area contributed by atoms with E-state index in [0.29, 0.717) is 11.3 Å². The van der Waals surface area contributed by atoms with Gasteiger partial charge in [0, 0.05) is 18.0 Å². The maximum atomic E-state index is 15.4. The molecular weight excluding hydrogens is 241 g/mol. The third-order valence-corrected chi connectivity index (χ3v) is 4.22. The zero-order valence-electron chi connectivity index (χ0n) is 12.3. The molecule has 19 heavy (non-hydrogen) atoms. The Morgan fingerprint density at radius 1 is 1.37 bits per heavy atom. The molecule has 0 amide bonds. The van der Waals surface area contributed by atoms with E-state index in [4.69, 9.17) is 4.74 Å². The third-order valence-electron chi connectivity index (χ3n) is 4.22. The lowest BCUT2D eigenvalue weighted by atomic mass is 9.78. The Morgan fingerprint density at radius 3 is 2.68 bits per heavy atom. The van der Waals surface area contributed by atoms with Crippen molar-refractivity contribution in [1.82, 2.24) is 5.32 Å². The van der Waals surface area contributed by atoms with Gasteiger partial charge in [-0.3, -0.25) is 0 Å². The number of hydrogen-bond acceptors (Lipinski definition) is 2. The summed E-state index contributed by atoms with van der Waals surface area (Å²) in [6, 6.07) is 3.96. The first-order valence-corrected chi connectivity index (χ1v) is 7.02. The minimum absolute atomic E-state index is 0.0107. The Balaban J connectivity index is 2.43. The Kier molecular flexibility index (Phi) is 4.14. The Hall–Kier alpha value is -1.09. The van der Waals surface area contributed by atoms with Crippen LogP contribution in [0.25, 0.3) is 0 Å². The molecule has 1 aromatic carbocycles. The number of benzene rings is 1. The fraction of sp³-hybridized carbons (Fsp3) is 0.625. The van der Waals surface area contributed by atoms with Crippen LogP contribution >= 0.6 is 0 Å². The normalized spacial score (nSPS) is 22.9. The monoisotopic (exact) mass is 265 g/mol. The summed E-state index contributed by atoms with van der Waals surface area (Å²) >= 11 is 0. The van der Waals surface area contributed by atoms with Gasteiger partial charge in [0.25, 0.3) is 0 Å². The van der Waals surface area contributed by atoms with Crippen molar-refractivity contribution >= 4 is 0 Å². The van der Waals surface area contributed by atoms with E-state index in [1.165, 1.54) is 0 Å². The molecule has 1 saturated heterocycles. The molecule has 2 unspecified atom stereocenters. The lowest BCUT2D eigenvalue weighted by molar-refractivity contribution is 0.0776.